The third-order valence-corrected chi connectivity index (χ3v) is 6.15. The molecule has 32 heavy (non-hydrogen) atoms. The summed E-state index contributed by atoms with van der Waals surface area (Å²) in [7, 11) is 0. The van der Waals surface area contributed by atoms with Crippen molar-refractivity contribution in [2.24, 2.45) is 0 Å². The molecular formula is C24H30N4O4. The number of nitrogens with one attached hydrogen (secondary N) is 1. The van der Waals surface area contributed by atoms with Crippen LogP contribution in [0.1, 0.15) is 35.0 Å². The van der Waals surface area contributed by atoms with Crippen LogP contribution in [0.25, 0.3) is 0 Å². The number of nitrogens with zero attached hydrogens (tertiary/aromatic N) is 3. The number of benzene rings is 1. The lowest BCUT2D eigenvalue weighted by atomic mass is 9.92. The van der Waals surface area contributed by atoms with Crippen LogP contribution < -0.4 is 5.32 Å². The Balaban J connectivity index is 1.44. The van der Waals surface area contributed by atoms with Crippen molar-refractivity contribution in [2.75, 3.05) is 39.3 Å². The van der Waals surface area contributed by atoms with Crippen LogP contribution in [0.4, 0.5) is 0 Å². The largest absolute Gasteiger partial charge is 0.459 e. The van der Waals surface area contributed by atoms with Crippen molar-refractivity contribution in [3.8, 4) is 0 Å². The first-order chi connectivity index (χ1) is 15.6. The molecule has 1 aromatic carbocycles. The van der Waals surface area contributed by atoms with Crippen molar-refractivity contribution in [2.45, 2.75) is 32.4 Å². The van der Waals surface area contributed by atoms with Gasteiger partial charge in [0.15, 0.2) is 5.76 Å². The van der Waals surface area contributed by atoms with Crippen molar-refractivity contribution in [3.63, 3.8) is 0 Å². The molecule has 0 spiro atoms. The van der Waals surface area contributed by atoms with Gasteiger partial charge in [0, 0.05) is 45.7 Å². The highest BCUT2D eigenvalue weighted by Crippen LogP contribution is 2.26. The van der Waals surface area contributed by atoms with Crippen LogP contribution in [0.2, 0.25) is 0 Å². The van der Waals surface area contributed by atoms with Crippen LogP contribution in [-0.2, 0) is 22.6 Å². The van der Waals surface area contributed by atoms with Crippen molar-refractivity contribution in [1.82, 2.24) is 20.0 Å². The number of amides is 3. The van der Waals surface area contributed by atoms with Gasteiger partial charge in [-0.3, -0.25) is 19.3 Å². The topological polar surface area (TPSA) is 86.1 Å². The maximum Gasteiger partial charge on any atom is 0.290 e. The first-order valence-corrected chi connectivity index (χ1v) is 11.3. The van der Waals surface area contributed by atoms with E-state index in [1.54, 1.807) is 17.0 Å². The summed E-state index contributed by atoms with van der Waals surface area (Å²) in [5.74, 6) is -0.0561. The molecule has 8 heteroatoms. The highest BCUT2D eigenvalue weighted by atomic mass is 16.3. The van der Waals surface area contributed by atoms with Crippen LogP contribution in [0.5, 0.6) is 0 Å². The van der Waals surface area contributed by atoms with Gasteiger partial charge in [-0.2, -0.15) is 0 Å². The van der Waals surface area contributed by atoms with E-state index in [0.717, 1.165) is 17.5 Å². The van der Waals surface area contributed by atoms with Gasteiger partial charge in [-0.1, -0.05) is 31.2 Å². The number of hydrogen-bond donors (Lipinski definition) is 1. The summed E-state index contributed by atoms with van der Waals surface area (Å²) in [4.78, 5) is 44.2. The number of carbonyl (C=O) groups is 3. The molecule has 1 saturated heterocycles. The Morgan fingerprint density at radius 3 is 2.47 bits per heavy atom. The minimum Gasteiger partial charge on any atom is -0.459 e. The van der Waals surface area contributed by atoms with E-state index >= 15 is 0 Å². The number of furan rings is 1. The van der Waals surface area contributed by atoms with Crippen molar-refractivity contribution in [1.29, 1.82) is 0 Å². The monoisotopic (exact) mass is 438 g/mol. The van der Waals surface area contributed by atoms with Gasteiger partial charge in [0.25, 0.3) is 5.91 Å². The maximum atomic E-state index is 13.5. The Bertz CT molecular complexity index is 951. The van der Waals surface area contributed by atoms with Crippen LogP contribution >= 0.6 is 0 Å². The highest BCUT2D eigenvalue weighted by Gasteiger charge is 2.38. The fourth-order valence-electron chi connectivity index (χ4n) is 4.36. The molecule has 0 aliphatic carbocycles. The van der Waals surface area contributed by atoms with Gasteiger partial charge >= 0.3 is 0 Å². The molecule has 1 atom stereocenters. The summed E-state index contributed by atoms with van der Waals surface area (Å²) >= 11 is 0. The molecule has 1 unspecified atom stereocenters. The van der Waals surface area contributed by atoms with E-state index in [1.807, 2.05) is 36.1 Å². The van der Waals surface area contributed by atoms with E-state index in [2.05, 4.69) is 10.2 Å². The third-order valence-electron chi connectivity index (χ3n) is 6.15. The van der Waals surface area contributed by atoms with Gasteiger partial charge in [-0.05, 0) is 29.7 Å². The second kappa shape index (κ2) is 9.99. The Morgan fingerprint density at radius 2 is 1.78 bits per heavy atom. The predicted octanol–water partition coefficient (Wildman–Crippen LogP) is 1.52. The van der Waals surface area contributed by atoms with Gasteiger partial charge in [0.1, 0.15) is 6.04 Å². The zero-order valence-corrected chi connectivity index (χ0v) is 18.5. The molecule has 3 amide bonds. The summed E-state index contributed by atoms with van der Waals surface area (Å²) in [6.07, 6.45) is 2.87. The standard InChI is InChI=1S/C24H30N4O4/c1-2-9-25-22(29)17-26-10-12-27(13-11-26)23(30)20-15-18-6-3-4-7-19(18)16-28(20)24(31)21-8-5-14-32-21/h3-8,14,20H,2,9-13,15-17H2,1H3,(H,25,29). The number of rotatable bonds is 6. The zero-order chi connectivity index (χ0) is 22.5. The van der Waals surface area contributed by atoms with E-state index in [9.17, 15) is 14.4 Å². The van der Waals surface area contributed by atoms with Crippen LogP contribution in [-0.4, -0.2) is 77.7 Å². The van der Waals surface area contributed by atoms with Gasteiger partial charge in [-0.15, -0.1) is 0 Å². The Morgan fingerprint density at radius 1 is 1.03 bits per heavy atom. The Hall–Kier alpha value is -3.13. The molecule has 170 valence electrons. The molecule has 0 saturated carbocycles. The van der Waals surface area contributed by atoms with Crippen molar-refractivity contribution < 1.29 is 18.8 Å². The quantitative estimate of drug-likeness (QED) is 0.739. The molecule has 0 radical (unpaired) electrons. The summed E-state index contributed by atoms with van der Waals surface area (Å²) < 4.78 is 5.33. The average Bonchev–Trinajstić information content (AvgIpc) is 3.36. The molecule has 2 aliphatic rings. The molecule has 1 aromatic heterocycles. The normalized spacial score (nSPS) is 18.8. The summed E-state index contributed by atoms with van der Waals surface area (Å²) in [5.41, 5.74) is 2.15. The van der Waals surface area contributed by atoms with Gasteiger partial charge < -0.3 is 19.5 Å². The molecule has 2 aromatic rings. The van der Waals surface area contributed by atoms with Gasteiger partial charge in [0.05, 0.1) is 12.8 Å². The lowest BCUT2D eigenvalue weighted by Gasteiger charge is -2.41. The minimum absolute atomic E-state index is 0.0192. The first-order valence-electron chi connectivity index (χ1n) is 11.3. The van der Waals surface area contributed by atoms with Crippen LogP contribution in [0, 0.1) is 0 Å². The summed E-state index contributed by atoms with van der Waals surface area (Å²) in [6, 6.07) is 10.7. The molecule has 2 aliphatic heterocycles. The van der Waals surface area contributed by atoms with E-state index in [0.29, 0.717) is 52.2 Å². The predicted molar refractivity (Wildman–Crippen MR) is 119 cm³/mol. The third kappa shape index (κ3) is 4.85. The number of carbonyl (C=O) groups excluding carboxylic acids is 3. The molecule has 4 rings (SSSR count). The second-order valence-electron chi connectivity index (χ2n) is 8.35. The lowest BCUT2D eigenvalue weighted by Crippen LogP contribution is -2.58. The van der Waals surface area contributed by atoms with E-state index in [4.69, 9.17) is 4.42 Å². The molecule has 8 nitrogen and oxygen atoms in total. The Labute approximate surface area is 188 Å². The van der Waals surface area contributed by atoms with Gasteiger partial charge in [-0.25, -0.2) is 0 Å². The van der Waals surface area contributed by atoms with E-state index < -0.39 is 6.04 Å². The summed E-state index contributed by atoms with van der Waals surface area (Å²) in [6.45, 7) is 5.79. The van der Waals surface area contributed by atoms with Crippen molar-refractivity contribution >= 4 is 17.7 Å². The second-order valence-corrected chi connectivity index (χ2v) is 8.35. The SMILES string of the molecule is CCCNC(=O)CN1CCN(C(=O)C2Cc3ccccc3CN2C(=O)c2ccco2)CC1. The fourth-order valence-corrected chi connectivity index (χ4v) is 4.36. The number of fused-ring (bicyclic) bond motifs is 1. The maximum absolute atomic E-state index is 13.5. The molecule has 1 N–H and O–H groups in total. The molecule has 3 heterocycles. The molecule has 0 bridgehead atoms. The number of hydrogen-bond acceptors (Lipinski definition) is 5. The first kappa shape index (κ1) is 22.1. The Kier molecular flexibility index (Phi) is 6.90. The number of piperazine rings is 1. The smallest absolute Gasteiger partial charge is 0.290 e. The van der Waals surface area contributed by atoms with Crippen molar-refractivity contribution in [3.05, 3.63) is 59.5 Å². The summed E-state index contributed by atoms with van der Waals surface area (Å²) in [5, 5.41) is 2.89. The average molecular weight is 439 g/mol. The zero-order valence-electron chi connectivity index (χ0n) is 18.5. The van der Waals surface area contributed by atoms with Gasteiger partial charge in [0.2, 0.25) is 11.8 Å². The lowest BCUT2D eigenvalue weighted by molar-refractivity contribution is -0.138. The van der Waals surface area contributed by atoms with Crippen LogP contribution in [0.15, 0.2) is 47.1 Å². The molecular weight excluding hydrogens is 408 g/mol. The fraction of sp³-hybridized carbons (Fsp3) is 0.458. The van der Waals surface area contributed by atoms with Crippen LogP contribution in [0.3, 0.4) is 0 Å². The molecule has 1 fully saturated rings. The van der Waals surface area contributed by atoms with E-state index in [1.165, 1.54) is 6.26 Å². The highest BCUT2D eigenvalue weighted by molar-refractivity contribution is 5.96. The minimum atomic E-state index is -0.568. The van der Waals surface area contributed by atoms with E-state index in [-0.39, 0.29) is 23.5 Å².